The zero-order valence-electron chi connectivity index (χ0n) is 15.6. The lowest BCUT2D eigenvalue weighted by atomic mass is 9.99. The Labute approximate surface area is 179 Å². The fraction of sp³-hybridized carbons (Fsp3) is 0.368. The first kappa shape index (κ1) is 21.8. The van der Waals surface area contributed by atoms with Crippen LogP contribution in [0, 0.1) is 5.92 Å². The van der Waals surface area contributed by atoms with Crippen molar-refractivity contribution in [1.29, 1.82) is 0 Å². The molecule has 1 aliphatic heterocycles. The van der Waals surface area contributed by atoms with Gasteiger partial charge in [-0.05, 0) is 48.6 Å². The highest BCUT2D eigenvalue weighted by molar-refractivity contribution is 7.89. The molecule has 0 spiro atoms. The van der Waals surface area contributed by atoms with Gasteiger partial charge in [-0.3, -0.25) is 9.59 Å². The van der Waals surface area contributed by atoms with Gasteiger partial charge in [0.25, 0.3) is 0 Å². The van der Waals surface area contributed by atoms with Crippen LogP contribution in [-0.4, -0.2) is 44.2 Å². The van der Waals surface area contributed by atoms with E-state index in [1.165, 1.54) is 28.6 Å². The largest absolute Gasteiger partial charge is 0.350 e. The maximum atomic E-state index is 12.8. The van der Waals surface area contributed by atoms with Gasteiger partial charge in [-0.1, -0.05) is 17.7 Å². The Morgan fingerprint density at radius 1 is 1.17 bits per heavy atom. The molecule has 1 aromatic carbocycles. The number of carbonyl (C=O) groups is 2. The first-order valence-corrected chi connectivity index (χ1v) is 11.9. The van der Waals surface area contributed by atoms with Gasteiger partial charge in [0.05, 0.1) is 23.9 Å². The van der Waals surface area contributed by atoms with E-state index in [1.54, 1.807) is 11.3 Å². The molecule has 1 atom stereocenters. The number of nitrogens with one attached hydrogen (secondary N) is 2. The molecule has 1 saturated heterocycles. The Bertz CT molecular complexity index is 946. The Balaban J connectivity index is 1.52. The lowest BCUT2D eigenvalue weighted by Gasteiger charge is -2.31. The average molecular weight is 456 g/mol. The molecule has 1 aliphatic rings. The number of thiophene rings is 1. The number of sulfonamides is 1. The molecule has 1 fully saturated rings. The van der Waals surface area contributed by atoms with Gasteiger partial charge in [-0.15, -0.1) is 11.3 Å². The molecular formula is C19H22ClN3O4S2. The highest BCUT2D eigenvalue weighted by atomic mass is 35.5. The highest BCUT2D eigenvalue weighted by Crippen LogP contribution is 2.24. The molecule has 3 rings (SSSR count). The third-order valence-corrected chi connectivity index (χ3v) is 7.68. The van der Waals surface area contributed by atoms with Crippen LogP contribution in [0.1, 0.15) is 17.7 Å². The average Bonchev–Trinajstić information content (AvgIpc) is 3.24. The molecule has 2 heterocycles. The van der Waals surface area contributed by atoms with E-state index in [9.17, 15) is 18.0 Å². The first-order chi connectivity index (χ1) is 13.9. The van der Waals surface area contributed by atoms with Crippen LogP contribution in [-0.2, 0) is 26.2 Å². The molecule has 2 amide bonds. The molecule has 10 heteroatoms. The summed E-state index contributed by atoms with van der Waals surface area (Å²) in [6, 6.07) is 9.79. The Morgan fingerprint density at radius 3 is 2.62 bits per heavy atom. The number of halogens is 1. The third kappa shape index (κ3) is 5.79. The number of carbonyl (C=O) groups excluding carboxylic acids is 2. The highest BCUT2D eigenvalue weighted by Gasteiger charge is 2.33. The molecule has 0 radical (unpaired) electrons. The summed E-state index contributed by atoms with van der Waals surface area (Å²) in [5.74, 6) is -1.09. The summed E-state index contributed by atoms with van der Waals surface area (Å²) in [6.45, 7) is 0.733. The van der Waals surface area contributed by atoms with Gasteiger partial charge in [0.15, 0.2) is 0 Å². The smallest absolute Gasteiger partial charge is 0.243 e. The Morgan fingerprint density at radius 2 is 1.93 bits per heavy atom. The van der Waals surface area contributed by atoms with Gasteiger partial charge in [-0.25, -0.2) is 8.42 Å². The Kier molecular flexibility index (Phi) is 7.28. The van der Waals surface area contributed by atoms with Gasteiger partial charge in [0, 0.05) is 23.0 Å². The second kappa shape index (κ2) is 9.71. The van der Waals surface area contributed by atoms with Gasteiger partial charge in [-0.2, -0.15) is 4.31 Å². The second-order valence-corrected chi connectivity index (χ2v) is 10.1. The van der Waals surface area contributed by atoms with E-state index >= 15 is 0 Å². The van der Waals surface area contributed by atoms with Gasteiger partial charge >= 0.3 is 0 Å². The van der Waals surface area contributed by atoms with Crippen LogP contribution in [0.2, 0.25) is 5.02 Å². The fourth-order valence-corrected chi connectivity index (χ4v) is 5.40. The molecule has 29 heavy (non-hydrogen) atoms. The van der Waals surface area contributed by atoms with Gasteiger partial charge in [0.1, 0.15) is 0 Å². The molecule has 7 nitrogen and oxygen atoms in total. The number of hydrogen-bond acceptors (Lipinski definition) is 5. The van der Waals surface area contributed by atoms with Crippen LogP contribution in [0.5, 0.6) is 0 Å². The predicted molar refractivity (Wildman–Crippen MR) is 112 cm³/mol. The van der Waals surface area contributed by atoms with Crippen LogP contribution in [0.15, 0.2) is 46.7 Å². The van der Waals surface area contributed by atoms with E-state index in [0.29, 0.717) is 31.0 Å². The summed E-state index contributed by atoms with van der Waals surface area (Å²) in [4.78, 5) is 25.6. The zero-order valence-corrected chi connectivity index (χ0v) is 18.0. The molecule has 2 N–H and O–H groups in total. The third-order valence-electron chi connectivity index (χ3n) is 4.67. The van der Waals surface area contributed by atoms with Gasteiger partial charge < -0.3 is 10.6 Å². The fourth-order valence-electron chi connectivity index (χ4n) is 3.10. The summed E-state index contributed by atoms with van der Waals surface area (Å²) < 4.78 is 27.0. The van der Waals surface area contributed by atoms with Crippen molar-refractivity contribution in [2.24, 2.45) is 5.92 Å². The van der Waals surface area contributed by atoms with Crippen LogP contribution < -0.4 is 10.6 Å². The minimum absolute atomic E-state index is 0.0909. The maximum absolute atomic E-state index is 12.8. The summed E-state index contributed by atoms with van der Waals surface area (Å²) in [5, 5.41) is 7.74. The van der Waals surface area contributed by atoms with Crippen molar-refractivity contribution in [2.75, 3.05) is 19.6 Å². The van der Waals surface area contributed by atoms with E-state index in [0.717, 1.165) is 4.88 Å². The van der Waals surface area contributed by atoms with E-state index in [1.807, 2.05) is 17.5 Å². The maximum Gasteiger partial charge on any atom is 0.243 e. The molecule has 156 valence electrons. The number of benzene rings is 1. The van der Waals surface area contributed by atoms with Crippen LogP contribution in [0.4, 0.5) is 0 Å². The van der Waals surface area contributed by atoms with Crippen molar-refractivity contribution < 1.29 is 18.0 Å². The first-order valence-electron chi connectivity index (χ1n) is 9.19. The minimum atomic E-state index is -3.69. The topological polar surface area (TPSA) is 95.6 Å². The van der Waals surface area contributed by atoms with Gasteiger partial charge in [0.2, 0.25) is 21.8 Å². The Hall–Kier alpha value is -1.94. The zero-order chi connectivity index (χ0) is 20.9. The van der Waals surface area contributed by atoms with E-state index < -0.39 is 15.9 Å². The molecule has 0 bridgehead atoms. The van der Waals surface area contributed by atoms with Crippen molar-refractivity contribution in [3.8, 4) is 0 Å². The van der Waals surface area contributed by atoms with Crippen molar-refractivity contribution in [1.82, 2.24) is 14.9 Å². The molecule has 0 aliphatic carbocycles. The summed E-state index contributed by atoms with van der Waals surface area (Å²) in [6.07, 6.45) is 1.16. The SMILES string of the molecule is O=C(CNC(=O)C1CCCN(S(=O)(=O)c2ccc(Cl)cc2)C1)NCc1cccs1. The van der Waals surface area contributed by atoms with Crippen LogP contribution in [0.3, 0.4) is 0 Å². The monoisotopic (exact) mass is 455 g/mol. The molecule has 2 aromatic rings. The second-order valence-electron chi connectivity index (χ2n) is 6.73. The number of rotatable bonds is 7. The van der Waals surface area contributed by atoms with Crippen molar-refractivity contribution in [2.45, 2.75) is 24.3 Å². The van der Waals surface area contributed by atoms with Crippen LogP contribution in [0.25, 0.3) is 0 Å². The van der Waals surface area contributed by atoms with E-state index in [-0.39, 0.29) is 29.8 Å². The van der Waals surface area contributed by atoms with Crippen molar-refractivity contribution >= 4 is 44.8 Å². The number of piperidine rings is 1. The predicted octanol–water partition coefficient (Wildman–Crippen LogP) is 2.23. The standard InChI is InChI=1S/C19H22ClN3O4S2/c20-15-5-7-17(8-6-15)29(26,27)23-9-1-3-14(13-23)19(25)22-12-18(24)21-11-16-4-2-10-28-16/h2,4-8,10,14H,1,3,9,11-13H2,(H,21,24)(H,22,25). The summed E-state index contributed by atoms with van der Waals surface area (Å²) in [7, 11) is -3.69. The lowest BCUT2D eigenvalue weighted by molar-refractivity contribution is -0.129. The van der Waals surface area contributed by atoms with E-state index in [4.69, 9.17) is 11.6 Å². The quantitative estimate of drug-likeness (QED) is 0.669. The number of amides is 2. The summed E-state index contributed by atoms with van der Waals surface area (Å²) in [5.41, 5.74) is 0. The molecule has 0 saturated carbocycles. The number of nitrogens with zero attached hydrogens (tertiary/aromatic N) is 1. The van der Waals surface area contributed by atoms with Crippen LogP contribution >= 0.6 is 22.9 Å². The van der Waals surface area contributed by atoms with E-state index in [2.05, 4.69) is 10.6 Å². The van der Waals surface area contributed by atoms with Crippen molar-refractivity contribution in [3.05, 3.63) is 51.7 Å². The lowest BCUT2D eigenvalue weighted by Crippen LogP contribution is -2.47. The molecule has 1 aromatic heterocycles. The number of hydrogen-bond donors (Lipinski definition) is 2. The minimum Gasteiger partial charge on any atom is -0.350 e. The molecule has 1 unspecified atom stereocenters. The van der Waals surface area contributed by atoms with Crippen molar-refractivity contribution in [3.63, 3.8) is 0 Å². The summed E-state index contributed by atoms with van der Waals surface area (Å²) >= 11 is 7.37. The molecular weight excluding hydrogens is 434 g/mol. The normalized spacial score (nSPS) is 17.6.